The average molecular weight is 294 g/mol. The van der Waals surface area contributed by atoms with E-state index in [9.17, 15) is 12.8 Å². The molecule has 0 bridgehead atoms. The van der Waals surface area contributed by atoms with Gasteiger partial charge in [0.15, 0.2) is 0 Å². The van der Waals surface area contributed by atoms with Crippen molar-refractivity contribution in [3.8, 4) is 0 Å². The Morgan fingerprint density at radius 3 is 2.47 bits per heavy atom. The molecule has 82 valence electrons. The summed E-state index contributed by atoms with van der Waals surface area (Å²) in [5, 5.41) is 0. The highest BCUT2D eigenvalue weighted by Gasteiger charge is 2.29. The summed E-state index contributed by atoms with van der Waals surface area (Å²) in [7, 11) is -3.47. The lowest BCUT2D eigenvalue weighted by molar-refractivity contribution is 0.309. The van der Waals surface area contributed by atoms with Gasteiger partial charge in [0.2, 0.25) is 10.0 Å². The molecule has 2 rings (SSSR count). The summed E-state index contributed by atoms with van der Waals surface area (Å²) in [5.41, 5.74) is 0. The van der Waals surface area contributed by atoms with Crippen molar-refractivity contribution in [2.45, 2.75) is 11.3 Å². The average Bonchev–Trinajstić information content (AvgIpc) is 2.05. The molecular weight excluding hydrogens is 285 g/mol. The molecule has 0 aromatic heterocycles. The van der Waals surface area contributed by atoms with Crippen LogP contribution in [0.25, 0.3) is 0 Å². The fourth-order valence-corrected chi connectivity index (χ4v) is 3.09. The smallest absolute Gasteiger partial charge is 0.207 e. The van der Waals surface area contributed by atoms with Gasteiger partial charge >= 0.3 is 0 Å². The Morgan fingerprint density at radius 2 is 2.00 bits per heavy atom. The third kappa shape index (κ3) is 1.93. The summed E-state index contributed by atoms with van der Waals surface area (Å²) in [6.45, 7) is 1.06. The lowest BCUT2D eigenvalue weighted by atomic mass is 10.3. The van der Waals surface area contributed by atoms with Gasteiger partial charge in [-0.2, -0.15) is 4.31 Å². The number of hydrogen-bond acceptors (Lipinski definition) is 2. The van der Waals surface area contributed by atoms with Gasteiger partial charge in [0.05, 0.1) is 9.37 Å². The van der Waals surface area contributed by atoms with Gasteiger partial charge < -0.3 is 0 Å². The Morgan fingerprint density at radius 1 is 1.33 bits per heavy atom. The minimum absolute atomic E-state index is 0.0166. The molecule has 0 radical (unpaired) electrons. The van der Waals surface area contributed by atoms with E-state index >= 15 is 0 Å². The van der Waals surface area contributed by atoms with Gasteiger partial charge in [-0.05, 0) is 40.5 Å². The van der Waals surface area contributed by atoms with Crippen LogP contribution in [0, 0.1) is 5.82 Å². The summed E-state index contributed by atoms with van der Waals surface area (Å²) in [5.74, 6) is -0.559. The minimum atomic E-state index is -3.47. The molecule has 1 fully saturated rings. The van der Waals surface area contributed by atoms with Crippen LogP contribution in [0.3, 0.4) is 0 Å². The predicted octanol–water partition coefficient (Wildman–Crippen LogP) is 1.98. The maximum atomic E-state index is 13.2. The summed E-state index contributed by atoms with van der Waals surface area (Å²) in [6, 6.07) is 3.85. The highest BCUT2D eigenvalue weighted by atomic mass is 79.9. The topological polar surface area (TPSA) is 37.4 Å². The van der Waals surface area contributed by atoms with E-state index in [1.54, 1.807) is 0 Å². The maximum absolute atomic E-state index is 13.2. The molecule has 0 aliphatic carbocycles. The molecule has 1 aliphatic heterocycles. The van der Waals surface area contributed by atoms with E-state index in [1.807, 2.05) is 0 Å². The zero-order chi connectivity index (χ0) is 11.1. The molecule has 0 unspecified atom stereocenters. The molecule has 15 heavy (non-hydrogen) atoms. The van der Waals surface area contributed by atoms with Crippen molar-refractivity contribution in [3.63, 3.8) is 0 Å². The van der Waals surface area contributed by atoms with Crippen molar-refractivity contribution in [1.29, 1.82) is 0 Å². The first kappa shape index (κ1) is 11.0. The standard InChI is InChI=1S/C9H9BrFNO2S/c10-8-3-2-7(6-9(8)11)15(13,14)12-4-1-5-12/h2-3,6H,1,4-5H2. The second-order valence-electron chi connectivity index (χ2n) is 3.33. The summed E-state index contributed by atoms with van der Waals surface area (Å²) >= 11 is 2.98. The van der Waals surface area contributed by atoms with E-state index in [1.165, 1.54) is 16.4 Å². The monoisotopic (exact) mass is 293 g/mol. The fraction of sp³-hybridized carbons (Fsp3) is 0.333. The SMILES string of the molecule is O=S(=O)(c1ccc(Br)c(F)c1)N1CCC1. The zero-order valence-corrected chi connectivity index (χ0v) is 10.2. The Bertz CT molecular complexity index is 485. The van der Waals surface area contributed by atoms with Crippen LogP contribution < -0.4 is 0 Å². The first-order valence-corrected chi connectivity index (χ1v) is 6.70. The quantitative estimate of drug-likeness (QED) is 0.836. The molecule has 1 heterocycles. The van der Waals surface area contributed by atoms with E-state index in [0.717, 1.165) is 12.5 Å². The summed E-state index contributed by atoms with van der Waals surface area (Å²) in [6.07, 6.45) is 0.873. The predicted molar refractivity (Wildman–Crippen MR) is 57.5 cm³/mol. The molecule has 1 aromatic rings. The molecule has 1 aliphatic rings. The van der Waals surface area contributed by atoms with Crippen LogP contribution in [-0.4, -0.2) is 25.8 Å². The van der Waals surface area contributed by atoms with Crippen LogP contribution in [0.5, 0.6) is 0 Å². The Kier molecular flexibility index (Phi) is 2.83. The number of sulfonamides is 1. The van der Waals surface area contributed by atoms with Crippen molar-refractivity contribution in [1.82, 2.24) is 4.31 Å². The first-order chi connectivity index (χ1) is 7.01. The van der Waals surface area contributed by atoms with Gasteiger partial charge in [-0.1, -0.05) is 0 Å². The van der Waals surface area contributed by atoms with Gasteiger partial charge in [-0.15, -0.1) is 0 Å². The van der Waals surface area contributed by atoms with Crippen LogP contribution in [0.2, 0.25) is 0 Å². The van der Waals surface area contributed by atoms with Gasteiger partial charge in [0.25, 0.3) is 0 Å². The van der Waals surface area contributed by atoms with Crippen molar-refractivity contribution >= 4 is 26.0 Å². The summed E-state index contributed by atoms with van der Waals surface area (Å²) < 4.78 is 38.4. The van der Waals surface area contributed by atoms with Crippen molar-refractivity contribution < 1.29 is 12.8 Å². The molecule has 3 nitrogen and oxygen atoms in total. The van der Waals surface area contributed by atoms with Gasteiger partial charge in [-0.25, -0.2) is 12.8 Å². The fourth-order valence-electron chi connectivity index (χ4n) is 1.31. The third-order valence-electron chi connectivity index (χ3n) is 2.34. The van der Waals surface area contributed by atoms with Crippen molar-refractivity contribution in [2.24, 2.45) is 0 Å². The third-order valence-corrected chi connectivity index (χ3v) is 4.88. The molecule has 0 amide bonds. The Labute approximate surface area is 96.1 Å². The van der Waals surface area contributed by atoms with E-state index in [2.05, 4.69) is 15.9 Å². The van der Waals surface area contributed by atoms with E-state index in [4.69, 9.17) is 0 Å². The zero-order valence-electron chi connectivity index (χ0n) is 7.78. The second-order valence-corrected chi connectivity index (χ2v) is 6.13. The molecule has 0 saturated carbocycles. The summed E-state index contributed by atoms with van der Waals surface area (Å²) in [4.78, 5) is 0.0166. The molecule has 0 N–H and O–H groups in total. The molecule has 0 spiro atoms. The molecule has 1 saturated heterocycles. The van der Waals surface area contributed by atoms with Crippen LogP contribution in [0.1, 0.15) is 6.42 Å². The number of nitrogens with zero attached hydrogens (tertiary/aromatic N) is 1. The lowest BCUT2D eigenvalue weighted by Crippen LogP contribution is -2.41. The maximum Gasteiger partial charge on any atom is 0.243 e. The lowest BCUT2D eigenvalue weighted by Gasteiger charge is -2.29. The number of benzene rings is 1. The van der Waals surface area contributed by atoms with E-state index in [0.29, 0.717) is 13.1 Å². The second kappa shape index (κ2) is 3.84. The van der Waals surface area contributed by atoms with Crippen LogP contribution in [0.4, 0.5) is 4.39 Å². The van der Waals surface area contributed by atoms with Crippen molar-refractivity contribution in [2.75, 3.05) is 13.1 Å². The molecule has 1 aromatic carbocycles. The Balaban J connectivity index is 2.40. The number of hydrogen-bond donors (Lipinski definition) is 0. The van der Waals surface area contributed by atoms with E-state index in [-0.39, 0.29) is 9.37 Å². The highest BCUT2D eigenvalue weighted by molar-refractivity contribution is 9.10. The molecule has 0 atom stereocenters. The number of halogens is 2. The van der Waals surface area contributed by atoms with Crippen molar-refractivity contribution in [3.05, 3.63) is 28.5 Å². The minimum Gasteiger partial charge on any atom is -0.207 e. The van der Waals surface area contributed by atoms with Gasteiger partial charge in [0, 0.05) is 13.1 Å². The largest absolute Gasteiger partial charge is 0.243 e. The Hall–Kier alpha value is -0.460. The van der Waals surface area contributed by atoms with Gasteiger partial charge in [0.1, 0.15) is 5.82 Å². The molecular formula is C9H9BrFNO2S. The normalized spacial score (nSPS) is 17.5. The van der Waals surface area contributed by atoms with E-state index < -0.39 is 15.8 Å². The van der Waals surface area contributed by atoms with Crippen LogP contribution in [0.15, 0.2) is 27.6 Å². The van der Waals surface area contributed by atoms with Crippen LogP contribution >= 0.6 is 15.9 Å². The molecule has 6 heteroatoms. The number of rotatable bonds is 2. The highest BCUT2D eigenvalue weighted by Crippen LogP contribution is 2.24. The first-order valence-electron chi connectivity index (χ1n) is 4.47. The van der Waals surface area contributed by atoms with Gasteiger partial charge in [-0.3, -0.25) is 0 Å². The van der Waals surface area contributed by atoms with Crippen LogP contribution in [-0.2, 0) is 10.0 Å².